The van der Waals surface area contributed by atoms with E-state index in [1.54, 1.807) is 31.4 Å². The first-order valence-electron chi connectivity index (χ1n) is 9.29. The molecule has 0 atom stereocenters. The Morgan fingerprint density at radius 1 is 1.07 bits per heavy atom. The largest absolute Gasteiger partial charge is 0.497 e. The molecule has 1 aromatic heterocycles. The number of likely N-dealkylation sites (tertiary alicyclic amines) is 1. The van der Waals surface area contributed by atoms with Crippen LogP contribution in [0, 0.1) is 5.92 Å². The number of amides is 2. The third-order valence-corrected chi connectivity index (χ3v) is 4.97. The Morgan fingerprint density at radius 2 is 1.79 bits per heavy atom. The third-order valence-electron chi connectivity index (χ3n) is 4.97. The first-order valence-corrected chi connectivity index (χ1v) is 9.29. The van der Waals surface area contributed by atoms with Crippen LogP contribution in [0.25, 0.3) is 0 Å². The summed E-state index contributed by atoms with van der Waals surface area (Å²) in [6, 6.07) is 6.71. The molecule has 1 saturated heterocycles. The lowest BCUT2D eigenvalue weighted by Gasteiger charge is -2.30. The number of methoxy groups -OCH3 is 2. The molecule has 148 valence electrons. The van der Waals surface area contributed by atoms with Crippen LogP contribution in [0.1, 0.15) is 40.5 Å². The van der Waals surface area contributed by atoms with Gasteiger partial charge in [0.05, 0.1) is 31.0 Å². The number of ether oxygens (including phenoxy) is 2. The van der Waals surface area contributed by atoms with Crippen LogP contribution in [-0.2, 0) is 0 Å². The lowest BCUT2D eigenvalue weighted by atomic mass is 9.98. The molecule has 28 heavy (non-hydrogen) atoms. The van der Waals surface area contributed by atoms with E-state index in [2.05, 4.69) is 17.2 Å². The average Bonchev–Trinajstić information content (AvgIpc) is 2.73. The van der Waals surface area contributed by atoms with Gasteiger partial charge in [0.1, 0.15) is 11.5 Å². The summed E-state index contributed by atoms with van der Waals surface area (Å²) in [5.41, 5.74) is 1.20. The fourth-order valence-corrected chi connectivity index (χ4v) is 3.18. The minimum absolute atomic E-state index is 0.0898. The monoisotopic (exact) mass is 383 g/mol. The van der Waals surface area contributed by atoms with Crippen LogP contribution in [0.15, 0.2) is 36.7 Å². The van der Waals surface area contributed by atoms with Crippen LogP contribution in [0.3, 0.4) is 0 Å². The second kappa shape index (κ2) is 8.73. The number of nitrogens with one attached hydrogen (secondary N) is 1. The van der Waals surface area contributed by atoms with Crippen molar-refractivity contribution in [1.82, 2.24) is 9.88 Å². The Balaban J connectivity index is 1.76. The van der Waals surface area contributed by atoms with Crippen LogP contribution < -0.4 is 14.8 Å². The fraction of sp³-hybridized carbons (Fsp3) is 0.381. The smallest absolute Gasteiger partial charge is 0.257 e. The first-order chi connectivity index (χ1) is 13.5. The van der Waals surface area contributed by atoms with Gasteiger partial charge in [0.15, 0.2) is 0 Å². The van der Waals surface area contributed by atoms with Gasteiger partial charge in [0, 0.05) is 31.5 Å². The highest BCUT2D eigenvalue weighted by Crippen LogP contribution is 2.29. The van der Waals surface area contributed by atoms with Gasteiger partial charge >= 0.3 is 0 Å². The Hall–Kier alpha value is -3.09. The number of hydrogen-bond donors (Lipinski definition) is 1. The molecule has 3 rings (SSSR count). The highest BCUT2D eigenvalue weighted by Gasteiger charge is 2.22. The Bertz CT molecular complexity index is 860. The van der Waals surface area contributed by atoms with Gasteiger partial charge in [-0.3, -0.25) is 14.6 Å². The number of nitrogens with zero attached hydrogens (tertiary/aromatic N) is 2. The van der Waals surface area contributed by atoms with Crippen molar-refractivity contribution >= 4 is 17.5 Å². The number of carbonyl (C=O) groups is 2. The zero-order chi connectivity index (χ0) is 20.1. The van der Waals surface area contributed by atoms with Crippen LogP contribution in [-0.4, -0.2) is 49.0 Å². The molecule has 0 bridgehead atoms. The van der Waals surface area contributed by atoms with Crippen LogP contribution >= 0.6 is 0 Å². The van der Waals surface area contributed by atoms with E-state index in [1.807, 2.05) is 4.90 Å². The Kier molecular flexibility index (Phi) is 6.13. The van der Waals surface area contributed by atoms with Gasteiger partial charge in [0.2, 0.25) is 0 Å². The quantitative estimate of drug-likeness (QED) is 0.857. The van der Waals surface area contributed by atoms with Gasteiger partial charge < -0.3 is 19.7 Å². The summed E-state index contributed by atoms with van der Waals surface area (Å²) in [5.74, 6) is 1.28. The lowest BCUT2D eigenvalue weighted by Crippen LogP contribution is -2.38. The fourth-order valence-electron chi connectivity index (χ4n) is 3.18. The molecule has 0 aliphatic carbocycles. The molecule has 0 unspecified atom stereocenters. The maximum absolute atomic E-state index is 12.7. The molecule has 2 aromatic rings. The van der Waals surface area contributed by atoms with Gasteiger partial charge in [-0.1, -0.05) is 6.92 Å². The molecule has 2 heterocycles. The van der Waals surface area contributed by atoms with Crippen molar-refractivity contribution < 1.29 is 19.1 Å². The summed E-state index contributed by atoms with van der Waals surface area (Å²) in [7, 11) is 3.07. The molecular formula is C21H25N3O4. The second-order valence-electron chi connectivity index (χ2n) is 6.96. The first kappa shape index (κ1) is 19.7. The van der Waals surface area contributed by atoms with Crippen molar-refractivity contribution in [2.45, 2.75) is 19.8 Å². The summed E-state index contributed by atoms with van der Waals surface area (Å²) in [6.45, 7) is 3.66. The Labute approximate surface area is 164 Å². The van der Waals surface area contributed by atoms with Crippen molar-refractivity contribution in [2.75, 3.05) is 32.6 Å². The zero-order valence-corrected chi connectivity index (χ0v) is 16.4. The predicted molar refractivity (Wildman–Crippen MR) is 106 cm³/mol. The molecule has 1 aromatic carbocycles. The summed E-state index contributed by atoms with van der Waals surface area (Å²) in [5, 5.41) is 2.80. The molecule has 2 amide bonds. The van der Waals surface area contributed by atoms with E-state index in [0.29, 0.717) is 34.2 Å². The lowest BCUT2D eigenvalue weighted by molar-refractivity contribution is 0.0697. The molecule has 1 fully saturated rings. The number of rotatable bonds is 5. The SMILES string of the molecule is COc1ccc(OC)c(NC(=O)c2cncc(C(=O)N3CCC(C)CC3)c2)c1. The van der Waals surface area contributed by atoms with E-state index in [0.717, 1.165) is 25.9 Å². The molecular weight excluding hydrogens is 358 g/mol. The van der Waals surface area contributed by atoms with E-state index in [-0.39, 0.29) is 11.8 Å². The van der Waals surface area contributed by atoms with Crippen molar-refractivity contribution in [1.29, 1.82) is 0 Å². The van der Waals surface area contributed by atoms with Crippen molar-refractivity contribution in [3.05, 3.63) is 47.8 Å². The molecule has 0 spiro atoms. The number of anilines is 1. The number of benzene rings is 1. The number of carbonyl (C=O) groups excluding carboxylic acids is 2. The van der Waals surface area contributed by atoms with E-state index in [9.17, 15) is 9.59 Å². The average molecular weight is 383 g/mol. The highest BCUT2D eigenvalue weighted by atomic mass is 16.5. The number of piperidine rings is 1. The van der Waals surface area contributed by atoms with Gasteiger partial charge in [-0.2, -0.15) is 0 Å². The second-order valence-corrected chi connectivity index (χ2v) is 6.96. The minimum atomic E-state index is -0.374. The summed E-state index contributed by atoms with van der Waals surface area (Å²) >= 11 is 0. The molecule has 0 radical (unpaired) electrons. The topological polar surface area (TPSA) is 80.8 Å². The van der Waals surface area contributed by atoms with Crippen molar-refractivity contribution in [3.8, 4) is 11.5 Å². The van der Waals surface area contributed by atoms with Gasteiger partial charge in [-0.05, 0) is 37.0 Å². The van der Waals surface area contributed by atoms with Crippen LogP contribution in [0.5, 0.6) is 11.5 Å². The highest BCUT2D eigenvalue weighted by molar-refractivity contribution is 6.06. The molecule has 7 nitrogen and oxygen atoms in total. The van der Waals surface area contributed by atoms with Crippen LogP contribution in [0.2, 0.25) is 0 Å². The van der Waals surface area contributed by atoms with E-state index in [1.165, 1.54) is 19.5 Å². The molecule has 0 saturated carbocycles. The molecule has 1 aliphatic rings. The van der Waals surface area contributed by atoms with E-state index < -0.39 is 0 Å². The minimum Gasteiger partial charge on any atom is -0.497 e. The molecule has 1 aliphatic heterocycles. The van der Waals surface area contributed by atoms with Gasteiger partial charge in [-0.15, -0.1) is 0 Å². The van der Waals surface area contributed by atoms with Crippen molar-refractivity contribution in [2.24, 2.45) is 5.92 Å². The van der Waals surface area contributed by atoms with Crippen LogP contribution in [0.4, 0.5) is 5.69 Å². The summed E-state index contributed by atoms with van der Waals surface area (Å²) < 4.78 is 10.5. The zero-order valence-electron chi connectivity index (χ0n) is 16.4. The third kappa shape index (κ3) is 4.42. The maximum Gasteiger partial charge on any atom is 0.257 e. The van der Waals surface area contributed by atoms with E-state index >= 15 is 0 Å². The number of pyridine rings is 1. The normalized spacial score (nSPS) is 14.5. The maximum atomic E-state index is 12.7. The summed E-state index contributed by atoms with van der Waals surface area (Å²) in [4.78, 5) is 31.4. The van der Waals surface area contributed by atoms with Gasteiger partial charge in [-0.25, -0.2) is 0 Å². The van der Waals surface area contributed by atoms with Crippen molar-refractivity contribution in [3.63, 3.8) is 0 Å². The molecule has 7 heteroatoms. The van der Waals surface area contributed by atoms with Gasteiger partial charge in [0.25, 0.3) is 11.8 Å². The number of aromatic nitrogens is 1. The standard InChI is InChI=1S/C21H25N3O4/c1-14-6-8-24(9-7-14)21(26)16-10-15(12-22-13-16)20(25)23-18-11-17(27-2)4-5-19(18)28-3/h4-5,10-14H,6-9H2,1-3H3,(H,23,25). The van der Waals surface area contributed by atoms with E-state index in [4.69, 9.17) is 9.47 Å². The predicted octanol–water partition coefficient (Wildman–Crippen LogP) is 3.22. The number of hydrogen-bond acceptors (Lipinski definition) is 5. The summed E-state index contributed by atoms with van der Waals surface area (Å²) in [6.07, 6.45) is 4.93. The molecule has 1 N–H and O–H groups in total. The Morgan fingerprint density at radius 3 is 2.46 bits per heavy atom.